The quantitative estimate of drug-likeness (QED) is 0.586. The van der Waals surface area contributed by atoms with Crippen LogP contribution in [0.15, 0.2) is 73.1 Å². The number of halogens is 1. The van der Waals surface area contributed by atoms with Gasteiger partial charge in [0.15, 0.2) is 0 Å². The number of nitrogens with one attached hydrogen (secondary N) is 1. The van der Waals surface area contributed by atoms with Gasteiger partial charge in [-0.1, -0.05) is 41.9 Å². The van der Waals surface area contributed by atoms with E-state index in [0.717, 1.165) is 11.3 Å². The molecule has 1 aliphatic rings. The van der Waals surface area contributed by atoms with E-state index >= 15 is 0 Å². The minimum absolute atomic E-state index is 0.0439. The van der Waals surface area contributed by atoms with Crippen molar-refractivity contribution in [1.82, 2.24) is 19.6 Å². The van der Waals surface area contributed by atoms with Crippen molar-refractivity contribution >= 4 is 35.2 Å². The molecule has 32 heavy (non-hydrogen) atoms. The molecule has 2 aromatic carbocycles. The van der Waals surface area contributed by atoms with E-state index in [1.165, 1.54) is 0 Å². The maximum Gasteiger partial charge on any atom is 0.246 e. The lowest BCUT2D eigenvalue weighted by Crippen LogP contribution is -2.50. The molecule has 0 spiro atoms. The second-order valence-electron chi connectivity index (χ2n) is 7.52. The molecule has 2 heterocycles. The Morgan fingerprint density at radius 1 is 1.00 bits per heavy atom. The van der Waals surface area contributed by atoms with Gasteiger partial charge in [0, 0.05) is 44.0 Å². The SMILES string of the molecule is O=C(CN1CCN(C(=O)C=Cc2cnn(-c3ccccc3)c2)CC1)Nc1ccccc1Cl. The van der Waals surface area contributed by atoms with Crippen LogP contribution in [0.1, 0.15) is 5.56 Å². The molecule has 0 unspecified atom stereocenters. The number of benzene rings is 2. The Kier molecular flexibility index (Phi) is 6.99. The molecule has 8 heteroatoms. The van der Waals surface area contributed by atoms with Crippen molar-refractivity contribution < 1.29 is 9.59 Å². The van der Waals surface area contributed by atoms with E-state index in [1.807, 2.05) is 53.6 Å². The highest BCUT2D eigenvalue weighted by atomic mass is 35.5. The zero-order valence-corrected chi connectivity index (χ0v) is 18.3. The topological polar surface area (TPSA) is 70.5 Å². The summed E-state index contributed by atoms with van der Waals surface area (Å²) < 4.78 is 1.77. The van der Waals surface area contributed by atoms with Gasteiger partial charge in [0.25, 0.3) is 0 Å². The van der Waals surface area contributed by atoms with Crippen LogP contribution in [0.2, 0.25) is 5.02 Å². The maximum absolute atomic E-state index is 12.6. The third-order valence-corrected chi connectivity index (χ3v) is 5.57. The zero-order chi connectivity index (χ0) is 22.3. The van der Waals surface area contributed by atoms with Gasteiger partial charge in [0.05, 0.1) is 29.1 Å². The summed E-state index contributed by atoms with van der Waals surface area (Å²) in [6, 6.07) is 17.0. The van der Waals surface area contributed by atoms with E-state index in [2.05, 4.69) is 10.4 Å². The summed E-state index contributed by atoms with van der Waals surface area (Å²) in [6.45, 7) is 2.70. The Hall–Kier alpha value is -3.42. The highest BCUT2D eigenvalue weighted by molar-refractivity contribution is 6.33. The number of hydrogen-bond acceptors (Lipinski definition) is 4. The van der Waals surface area contributed by atoms with E-state index in [4.69, 9.17) is 11.6 Å². The van der Waals surface area contributed by atoms with Gasteiger partial charge in [0.2, 0.25) is 11.8 Å². The molecule has 3 aromatic rings. The van der Waals surface area contributed by atoms with E-state index in [0.29, 0.717) is 36.9 Å². The summed E-state index contributed by atoms with van der Waals surface area (Å²) in [6.07, 6.45) is 6.96. The summed E-state index contributed by atoms with van der Waals surface area (Å²) in [5, 5.41) is 7.68. The van der Waals surface area contributed by atoms with E-state index < -0.39 is 0 Å². The van der Waals surface area contributed by atoms with Crippen LogP contribution in [-0.4, -0.2) is 64.1 Å². The Labute approximate surface area is 191 Å². The highest BCUT2D eigenvalue weighted by Crippen LogP contribution is 2.20. The van der Waals surface area contributed by atoms with E-state index in [1.54, 1.807) is 40.1 Å². The third-order valence-electron chi connectivity index (χ3n) is 5.24. The van der Waals surface area contributed by atoms with Gasteiger partial charge in [-0.15, -0.1) is 0 Å². The number of nitrogens with zero attached hydrogens (tertiary/aromatic N) is 4. The summed E-state index contributed by atoms with van der Waals surface area (Å²) in [5.74, 6) is -0.161. The van der Waals surface area contributed by atoms with Gasteiger partial charge in [-0.05, 0) is 30.3 Å². The Bertz CT molecular complexity index is 1100. The van der Waals surface area contributed by atoms with Gasteiger partial charge in [0.1, 0.15) is 0 Å². The van der Waals surface area contributed by atoms with Gasteiger partial charge >= 0.3 is 0 Å². The van der Waals surface area contributed by atoms with Crippen molar-refractivity contribution in [2.24, 2.45) is 0 Å². The fourth-order valence-electron chi connectivity index (χ4n) is 3.50. The van der Waals surface area contributed by atoms with Gasteiger partial charge in [-0.25, -0.2) is 4.68 Å². The lowest BCUT2D eigenvalue weighted by atomic mass is 10.2. The zero-order valence-electron chi connectivity index (χ0n) is 17.5. The summed E-state index contributed by atoms with van der Waals surface area (Å²) in [4.78, 5) is 28.7. The first-order chi connectivity index (χ1) is 15.6. The van der Waals surface area contributed by atoms with Crippen LogP contribution in [0.4, 0.5) is 5.69 Å². The molecule has 2 amide bonds. The van der Waals surface area contributed by atoms with E-state index in [-0.39, 0.29) is 18.4 Å². The number of hydrogen-bond donors (Lipinski definition) is 1. The number of amides is 2. The minimum atomic E-state index is -0.117. The van der Waals surface area contributed by atoms with Crippen LogP contribution in [0, 0.1) is 0 Å². The van der Waals surface area contributed by atoms with Crippen molar-refractivity contribution in [2.75, 3.05) is 38.0 Å². The molecule has 0 atom stereocenters. The van der Waals surface area contributed by atoms with Crippen molar-refractivity contribution in [3.63, 3.8) is 0 Å². The predicted octanol–water partition coefficient (Wildman–Crippen LogP) is 3.32. The third kappa shape index (κ3) is 5.63. The van der Waals surface area contributed by atoms with Crippen LogP contribution < -0.4 is 5.32 Å². The standard InChI is InChI=1S/C24H24ClN5O2/c25-21-8-4-5-9-22(21)27-23(31)18-28-12-14-29(15-13-28)24(32)11-10-19-16-26-30(17-19)20-6-2-1-3-7-20/h1-11,16-17H,12-15,18H2,(H,27,31). The molecule has 1 saturated heterocycles. The number of para-hydroxylation sites is 2. The Morgan fingerprint density at radius 3 is 2.47 bits per heavy atom. The molecule has 1 fully saturated rings. The fraction of sp³-hybridized carbons (Fsp3) is 0.208. The van der Waals surface area contributed by atoms with Crippen LogP contribution in [0.25, 0.3) is 11.8 Å². The van der Waals surface area contributed by atoms with Crippen molar-refractivity contribution in [3.8, 4) is 5.69 Å². The number of aromatic nitrogens is 2. The second kappa shape index (κ2) is 10.3. The molecule has 0 aliphatic carbocycles. The van der Waals surface area contributed by atoms with Crippen LogP contribution in [0.3, 0.4) is 0 Å². The van der Waals surface area contributed by atoms with Gasteiger partial charge in [-0.2, -0.15) is 5.10 Å². The minimum Gasteiger partial charge on any atom is -0.337 e. The Morgan fingerprint density at radius 2 is 1.72 bits per heavy atom. The second-order valence-corrected chi connectivity index (χ2v) is 7.92. The van der Waals surface area contributed by atoms with Gasteiger partial charge in [-0.3, -0.25) is 14.5 Å². The summed E-state index contributed by atoms with van der Waals surface area (Å²) >= 11 is 6.09. The van der Waals surface area contributed by atoms with Gasteiger partial charge < -0.3 is 10.2 Å². The first-order valence-electron chi connectivity index (χ1n) is 10.4. The monoisotopic (exact) mass is 449 g/mol. The summed E-state index contributed by atoms with van der Waals surface area (Å²) in [5.41, 5.74) is 2.43. The van der Waals surface area contributed by atoms with Crippen LogP contribution in [0.5, 0.6) is 0 Å². The summed E-state index contributed by atoms with van der Waals surface area (Å²) in [7, 11) is 0. The smallest absolute Gasteiger partial charge is 0.246 e. The Balaban J connectivity index is 1.24. The molecule has 1 N–H and O–H groups in total. The molecule has 7 nitrogen and oxygen atoms in total. The highest BCUT2D eigenvalue weighted by Gasteiger charge is 2.21. The first kappa shape index (κ1) is 21.8. The van der Waals surface area contributed by atoms with Crippen LogP contribution >= 0.6 is 11.6 Å². The van der Waals surface area contributed by atoms with Crippen LogP contribution in [-0.2, 0) is 9.59 Å². The number of rotatable bonds is 6. The average molecular weight is 450 g/mol. The fourth-order valence-corrected chi connectivity index (χ4v) is 3.68. The molecule has 1 aliphatic heterocycles. The van der Waals surface area contributed by atoms with Crippen molar-refractivity contribution in [2.45, 2.75) is 0 Å². The molecule has 1 aromatic heterocycles. The molecule has 4 rings (SSSR count). The maximum atomic E-state index is 12.6. The number of piperazine rings is 1. The lowest BCUT2D eigenvalue weighted by Gasteiger charge is -2.33. The normalized spacial score (nSPS) is 14.6. The van der Waals surface area contributed by atoms with E-state index in [9.17, 15) is 9.59 Å². The van der Waals surface area contributed by atoms with Crippen molar-refractivity contribution in [1.29, 1.82) is 0 Å². The molecule has 0 saturated carbocycles. The molecule has 0 radical (unpaired) electrons. The molecular formula is C24H24ClN5O2. The largest absolute Gasteiger partial charge is 0.337 e. The van der Waals surface area contributed by atoms with Crippen molar-refractivity contribution in [3.05, 3.63) is 83.7 Å². The predicted molar refractivity (Wildman–Crippen MR) is 126 cm³/mol. The number of carbonyl (C=O) groups excluding carboxylic acids is 2. The lowest BCUT2D eigenvalue weighted by molar-refractivity contribution is -0.127. The molecule has 164 valence electrons. The number of carbonyl (C=O) groups is 2. The first-order valence-corrected chi connectivity index (χ1v) is 10.8. The molecule has 0 bridgehead atoms. The molecular weight excluding hydrogens is 426 g/mol. The number of anilines is 1. The average Bonchev–Trinajstić information content (AvgIpc) is 3.29.